The third kappa shape index (κ3) is 5.15. The molecule has 0 heterocycles. The van der Waals surface area contributed by atoms with E-state index in [1.807, 2.05) is 27.7 Å². The van der Waals surface area contributed by atoms with Gasteiger partial charge in [-0.1, -0.05) is 27.7 Å². The molecule has 0 aromatic carbocycles. The van der Waals surface area contributed by atoms with E-state index in [-0.39, 0.29) is 15.8 Å². The van der Waals surface area contributed by atoms with Gasteiger partial charge < -0.3 is 4.43 Å². The van der Waals surface area contributed by atoms with Crippen molar-refractivity contribution in [3.8, 4) is 0 Å². The molecule has 1 saturated carbocycles. The highest BCUT2D eigenvalue weighted by Gasteiger charge is 2.45. The summed E-state index contributed by atoms with van der Waals surface area (Å²) in [5, 5.41) is -0.0220. The molecule has 126 valence electrons. The Morgan fingerprint density at radius 3 is 2.14 bits per heavy atom. The Bertz CT molecular complexity index is 464. The van der Waals surface area contributed by atoms with Gasteiger partial charge in [-0.15, -0.1) is 0 Å². The van der Waals surface area contributed by atoms with E-state index < -0.39 is 31.3 Å². The first-order valence-corrected chi connectivity index (χ1v) is 11.9. The van der Waals surface area contributed by atoms with Gasteiger partial charge in [0.25, 0.3) is 0 Å². The molecule has 0 spiro atoms. The maximum atomic E-state index is 12.2. The lowest BCUT2D eigenvalue weighted by Gasteiger charge is -2.48. The molecular formula is C16H35NO2SSi. The average molecular weight is 336 g/mol. The van der Waals surface area contributed by atoms with Crippen LogP contribution in [0.4, 0.5) is 0 Å². The van der Waals surface area contributed by atoms with Gasteiger partial charge in [0, 0.05) is 12.6 Å². The van der Waals surface area contributed by atoms with Crippen LogP contribution in [0.15, 0.2) is 0 Å². The fraction of sp³-hybridized carbons (Fsp3) is 1.00. The Balaban J connectivity index is 2.72. The lowest BCUT2D eigenvalue weighted by Crippen LogP contribution is -2.54. The first-order chi connectivity index (χ1) is 9.91. The fourth-order valence-corrected chi connectivity index (χ4v) is 3.56. The van der Waals surface area contributed by atoms with Gasteiger partial charge in [0.1, 0.15) is 0 Å². The molecule has 0 saturated heterocycles. The van der Waals surface area contributed by atoms with Crippen LogP contribution in [0.2, 0.25) is 18.1 Å². The summed E-state index contributed by atoms with van der Waals surface area (Å²) in [7, 11) is -3.29. The molecule has 5 heteroatoms. The molecule has 0 amide bonds. The van der Waals surface area contributed by atoms with E-state index in [9.17, 15) is 4.21 Å². The van der Waals surface area contributed by atoms with Crippen LogP contribution in [0, 0.1) is 5.41 Å². The van der Waals surface area contributed by atoms with Crippen molar-refractivity contribution in [3.63, 3.8) is 0 Å². The lowest BCUT2D eigenvalue weighted by atomic mass is 9.68. The van der Waals surface area contributed by atoms with Gasteiger partial charge in [-0.25, -0.2) is 8.93 Å². The summed E-state index contributed by atoms with van der Waals surface area (Å²) in [5.41, 5.74) is -0.526. The maximum absolute atomic E-state index is 12.2. The molecule has 0 bridgehead atoms. The SMILES string of the molecule is [2H]C([2H])(O[Si](C)(C)C(C)(C)C)C1(C)CC(NS(=O)C(C)(C)C)C1. The first-order valence-electron chi connectivity index (χ1n) is 8.80. The van der Waals surface area contributed by atoms with Gasteiger partial charge in [0.15, 0.2) is 8.32 Å². The van der Waals surface area contributed by atoms with Gasteiger partial charge in [0.05, 0.1) is 18.5 Å². The molecule has 0 aromatic heterocycles. The summed E-state index contributed by atoms with van der Waals surface area (Å²) in [6.45, 7) is 16.6. The molecule has 3 nitrogen and oxygen atoms in total. The Labute approximate surface area is 138 Å². The summed E-state index contributed by atoms with van der Waals surface area (Å²) >= 11 is 0. The van der Waals surface area contributed by atoms with Gasteiger partial charge >= 0.3 is 0 Å². The Morgan fingerprint density at radius 1 is 1.29 bits per heavy atom. The second-order valence-electron chi connectivity index (χ2n) is 9.13. The van der Waals surface area contributed by atoms with Crippen LogP contribution >= 0.6 is 0 Å². The number of nitrogens with one attached hydrogen (secondary N) is 1. The van der Waals surface area contributed by atoms with Crippen LogP contribution < -0.4 is 4.72 Å². The van der Waals surface area contributed by atoms with Crippen molar-refractivity contribution in [1.82, 2.24) is 4.72 Å². The summed E-state index contributed by atoms with van der Waals surface area (Å²) in [6.07, 6.45) is 1.30. The summed E-state index contributed by atoms with van der Waals surface area (Å²) < 4.78 is 38.1. The molecule has 1 unspecified atom stereocenters. The second-order valence-corrected chi connectivity index (χ2v) is 15.9. The van der Waals surface area contributed by atoms with Gasteiger partial charge in [-0.05, 0) is 57.2 Å². The summed E-state index contributed by atoms with van der Waals surface area (Å²) in [5.74, 6) is 0. The van der Waals surface area contributed by atoms with Crippen LogP contribution in [-0.2, 0) is 15.4 Å². The number of hydrogen-bond acceptors (Lipinski definition) is 2. The highest BCUT2D eigenvalue weighted by atomic mass is 32.2. The Hall–Kier alpha value is 0.287. The first kappa shape index (κ1) is 16.2. The topological polar surface area (TPSA) is 38.3 Å². The van der Waals surface area contributed by atoms with Crippen molar-refractivity contribution < 1.29 is 11.4 Å². The minimum absolute atomic E-state index is 0.0220. The predicted octanol–water partition coefficient (Wildman–Crippen LogP) is 4.23. The third-order valence-electron chi connectivity index (χ3n) is 4.58. The maximum Gasteiger partial charge on any atom is 0.192 e. The third-order valence-corrected chi connectivity index (χ3v) is 10.5. The van der Waals surface area contributed by atoms with Gasteiger partial charge in [0.2, 0.25) is 0 Å². The van der Waals surface area contributed by atoms with Gasteiger partial charge in [-0.2, -0.15) is 0 Å². The van der Waals surface area contributed by atoms with E-state index in [0.717, 1.165) is 0 Å². The smallest absolute Gasteiger partial charge is 0.192 e. The van der Waals surface area contributed by atoms with Crippen molar-refractivity contribution in [2.24, 2.45) is 5.41 Å². The molecule has 0 aliphatic heterocycles. The van der Waals surface area contributed by atoms with E-state index in [0.29, 0.717) is 12.8 Å². The van der Waals surface area contributed by atoms with Crippen LogP contribution in [0.3, 0.4) is 0 Å². The molecule has 1 aliphatic carbocycles. The largest absolute Gasteiger partial charge is 0.416 e. The van der Waals surface area contributed by atoms with Crippen molar-refractivity contribution in [2.75, 3.05) is 6.56 Å². The highest BCUT2D eigenvalue weighted by Crippen LogP contribution is 2.44. The van der Waals surface area contributed by atoms with Crippen molar-refractivity contribution in [1.29, 1.82) is 0 Å². The summed E-state index contributed by atoms with van der Waals surface area (Å²) in [6, 6.07) is 0.0955. The molecule has 1 N–H and O–H groups in total. The zero-order valence-corrected chi connectivity index (χ0v) is 17.0. The van der Waals surface area contributed by atoms with E-state index >= 15 is 0 Å². The second kappa shape index (κ2) is 6.06. The molecule has 0 aromatic rings. The quantitative estimate of drug-likeness (QED) is 0.764. The Morgan fingerprint density at radius 2 is 1.76 bits per heavy atom. The standard InChI is InChI=1S/C16H35NO2SSi/c1-14(2,3)20(18)17-13-10-16(7,11-13)12-19-21(8,9)15(4,5)6/h13,17H,10-12H2,1-9H3/i12D2. The van der Waals surface area contributed by atoms with Crippen LogP contribution in [0.25, 0.3) is 0 Å². The summed E-state index contributed by atoms with van der Waals surface area (Å²) in [4.78, 5) is 0. The number of hydrogen-bond donors (Lipinski definition) is 1. The van der Waals surface area contributed by atoms with E-state index in [1.165, 1.54) is 0 Å². The van der Waals surface area contributed by atoms with E-state index in [2.05, 4.69) is 38.6 Å². The molecule has 1 atom stereocenters. The molecule has 1 rings (SSSR count). The van der Waals surface area contributed by atoms with E-state index in [1.54, 1.807) is 0 Å². The van der Waals surface area contributed by atoms with Crippen molar-refractivity contribution in [2.45, 2.75) is 90.2 Å². The number of rotatable bonds is 5. The molecular weight excluding hydrogens is 298 g/mol. The van der Waals surface area contributed by atoms with Crippen molar-refractivity contribution in [3.05, 3.63) is 0 Å². The minimum atomic E-state index is -2.17. The van der Waals surface area contributed by atoms with Crippen LogP contribution in [0.5, 0.6) is 0 Å². The van der Waals surface area contributed by atoms with Gasteiger partial charge in [-0.3, -0.25) is 0 Å². The highest BCUT2D eigenvalue weighted by molar-refractivity contribution is 7.84. The molecule has 21 heavy (non-hydrogen) atoms. The molecule has 1 aliphatic rings. The molecule has 1 fully saturated rings. The Kier molecular flexibility index (Phi) is 4.66. The fourth-order valence-electron chi connectivity index (χ4n) is 1.93. The lowest BCUT2D eigenvalue weighted by molar-refractivity contribution is 0.0460. The monoisotopic (exact) mass is 335 g/mol. The van der Waals surface area contributed by atoms with Crippen LogP contribution in [0.1, 0.15) is 64.0 Å². The zero-order chi connectivity index (χ0) is 18.5. The van der Waals surface area contributed by atoms with Crippen LogP contribution in [-0.4, -0.2) is 29.9 Å². The zero-order valence-electron chi connectivity index (χ0n) is 17.2. The van der Waals surface area contributed by atoms with E-state index in [4.69, 9.17) is 7.17 Å². The normalized spacial score (nSPS) is 31.2. The average Bonchev–Trinajstić information content (AvgIpc) is 2.21. The minimum Gasteiger partial charge on any atom is -0.416 e. The van der Waals surface area contributed by atoms with Crippen molar-refractivity contribution >= 4 is 19.3 Å². The molecule has 0 radical (unpaired) electrons. The predicted molar refractivity (Wildman–Crippen MR) is 95.3 cm³/mol.